The van der Waals surface area contributed by atoms with E-state index in [2.05, 4.69) is 109 Å². The van der Waals surface area contributed by atoms with Gasteiger partial charge in [0.2, 0.25) is 5.36 Å². The molecule has 7 heterocycles. The molecule has 23 nitrogen and oxygen atoms in total. The van der Waals surface area contributed by atoms with Gasteiger partial charge in [-0.15, -0.1) is 15.3 Å². The highest BCUT2D eigenvalue weighted by Crippen LogP contribution is 2.45. The van der Waals surface area contributed by atoms with Gasteiger partial charge in [0, 0.05) is 127 Å². The average Bonchev–Trinajstić information content (AvgIpc) is 1.13. The Morgan fingerprint density at radius 1 is 0.644 bits per heavy atom. The lowest BCUT2D eigenvalue weighted by atomic mass is 9.79. The van der Waals surface area contributed by atoms with Gasteiger partial charge in [-0.05, 0) is 139 Å². The van der Waals surface area contributed by atoms with Crippen LogP contribution in [0.5, 0.6) is 0 Å². The standard InChI is InChI=1S/C64H91N16O7/c1-13-72(14-2)48-21-23-54-56(33-48)87-57-34-49(73(15-3)16-4)22-24-55(57)58(54)52-19-17-18-20-53(52)59(81)74-25-27-75(28-26-74)60(82)86-32-31-85-30-29-76-42-45(65-68-76)39-71(40-46-43-77(69-66-46)50-35-61(5,6)79(83)62(7,8)36-50)41-47-44-78(70-67-47)51-37-63(9,10)80(84)64(11,12)38-51/h17-24,33-34,42-44,50-51,83-84H,13-16,25-32,35-41H2,1-12H3/q+1. The van der Waals surface area contributed by atoms with E-state index in [9.17, 15) is 20.0 Å². The summed E-state index contributed by atoms with van der Waals surface area (Å²) in [6, 6.07) is 20.7. The van der Waals surface area contributed by atoms with Crippen LogP contribution in [0.4, 0.5) is 10.5 Å². The molecule has 3 aromatic heterocycles. The smallest absolute Gasteiger partial charge is 0.409 e. The third-order valence-electron chi connectivity index (χ3n) is 18.0. The number of hydrogen-bond donors (Lipinski definition) is 2. The molecule has 4 aliphatic heterocycles. The van der Waals surface area contributed by atoms with Crippen molar-refractivity contribution >= 4 is 28.7 Å². The highest BCUT2D eigenvalue weighted by molar-refractivity contribution is 6.09. The number of amides is 2. The Balaban J connectivity index is 0.733. The van der Waals surface area contributed by atoms with Gasteiger partial charge in [0.25, 0.3) is 5.91 Å². The second-order valence-electron chi connectivity index (χ2n) is 26.2. The van der Waals surface area contributed by atoms with Crippen molar-refractivity contribution in [3.05, 3.63) is 107 Å². The first kappa shape index (κ1) is 62.9. The lowest BCUT2D eigenvalue weighted by Crippen LogP contribution is -2.59. The zero-order chi connectivity index (χ0) is 62.0. The van der Waals surface area contributed by atoms with Gasteiger partial charge in [0.1, 0.15) is 31.0 Å². The highest BCUT2D eigenvalue weighted by Gasteiger charge is 2.47. The molecule has 2 N–H and O–H groups in total. The topological polar surface area (TPSA) is 221 Å². The lowest BCUT2D eigenvalue weighted by molar-refractivity contribution is -0.249. The predicted molar refractivity (Wildman–Crippen MR) is 331 cm³/mol. The maximum absolute atomic E-state index is 14.6. The van der Waals surface area contributed by atoms with Crippen molar-refractivity contribution in [2.24, 2.45) is 0 Å². The fraction of sp³-hybridized carbons (Fsp3) is 0.578. The van der Waals surface area contributed by atoms with E-state index in [0.717, 1.165) is 87.7 Å². The number of piperazine rings is 1. The summed E-state index contributed by atoms with van der Waals surface area (Å²) in [5.74, 6) is 0.659. The Labute approximate surface area is 510 Å². The minimum absolute atomic E-state index is 0.0546. The Morgan fingerprint density at radius 2 is 1.20 bits per heavy atom. The summed E-state index contributed by atoms with van der Waals surface area (Å²) in [5.41, 5.74) is 5.68. The normalized spacial score (nSPS) is 18.3. The molecule has 1 aliphatic carbocycles. The van der Waals surface area contributed by atoms with Crippen molar-refractivity contribution in [2.45, 2.75) is 169 Å². The van der Waals surface area contributed by atoms with E-state index in [1.165, 1.54) is 10.1 Å². The SMILES string of the molecule is CCN(CC)c1ccc2c(-c3ccccc3C(=O)N3CCN(C(=O)OCCOCCn4cc(CN(Cc5cn(C6CC(C)(C)N(O)C(C)(C)C6)nn5)Cc5cn(C6CC(C)(C)N(O)C(C)(C)C6)nn5)nn4)CC3)c3ccc(=[N+](CC)CC)cc-3oc2c1. The van der Waals surface area contributed by atoms with E-state index >= 15 is 0 Å². The first-order valence-electron chi connectivity index (χ1n) is 31.1. The van der Waals surface area contributed by atoms with Crippen molar-refractivity contribution in [2.75, 3.05) is 77.1 Å². The molecule has 0 unspecified atom stereocenters. The molecule has 3 fully saturated rings. The molecule has 10 rings (SSSR count). The third kappa shape index (κ3) is 13.8. The van der Waals surface area contributed by atoms with Gasteiger partial charge in [-0.3, -0.25) is 9.69 Å². The van der Waals surface area contributed by atoms with Crippen LogP contribution in [0.2, 0.25) is 0 Å². The number of hydroxylamine groups is 4. The molecular formula is C64H91N16O7+. The van der Waals surface area contributed by atoms with E-state index in [1.807, 2.05) is 113 Å². The number of carbonyl (C=O) groups excluding carboxylic acids is 2. The Bertz CT molecular complexity index is 3430. The minimum Gasteiger partial charge on any atom is -0.456 e. The summed E-state index contributed by atoms with van der Waals surface area (Å²) in [4.78, 5) is 35.9. The molecule has 23 heteroatoms. The van der Waals surface area contributed by atoms with Gasteiger partial charge >= 0.3 is 6.09 Å². The molecule has 0 spiro atoms. The number of rotatable bonds is 21. The molecule has 3 saturated heterocycles. The molecule has 87 heavy (non-hydrogen) atoms. The van der Waals surface area contributed by atoms with E-state index in [1.54, 1.807) is 9.58 Å². The van der Waals surface area contributed by atoms with Gasteiger partial charge in [-0.25, -0.2) is 23.4 Å². The van der Waals surface area contributed by atoms with Crippen LogP contribution in [-0.4, -0.2) is 187 Å². The fourth-order valence-electron chi connectivity index (χ4n) is 13.7. The van der Waals surface area contributed by atoms with Gasteiger partial charge < -0.3 is 39.0 Å². The van der Waals surface area contributed by atoms with Crippen LogP contribution in [0.15, 0.2) is 83.7 Å². The Hall–Kier alpha value is -7.15. The monoisotopic (exact) mass is 1200 g/mol. The largest absolute Gasteiger partial charge is 0.456 e. The van der Waals surface area contributed by atoms with Crippen molar-refractivity contribution in [3.8, 4) is 22.5 Å². The summed E-state index contributed by atoms with van der Waals surface area (Å²) in [5, 5.41) is 54.3. The molecule has 0 atom stereocenters. The van der Waals surface area contributed by atoms with Crippen molar-refractivity contribution in [3.63, 3.8) is 0 Å². The number of hydrogen-bond acceptors (Lipinski definition) is 17. The number of ether oxygens (including phenoxy) is 2. The van der Waals surface area contributed by atoms with Crippen LogP contribution in [-0.2, 0) is 35.7 Å². The fourth-order valence-corrected chi connectivity index (χ4v) is 13.7. The molecular weight excluding hydrogens is 1100 g/mol. The molecule has 0 saturated carbocycles. The number of carbonyl (C=O) groups is 2. The van der Waals surface area contributed by atoms with Crippen molar-refractivity contribution < 1.29 is 33.9 Å². The first-order valence-corrected chi connectivity index (χ1v) is 31.1. The number of nitrogens with zero attached hydrogens (tertiary/aromatic N) is 16. The summed E-state index contributed by atoms with van der Waals surface area (Å²) in [6.07, 6.45) is 8.32. The summed E-state index contributed by atoms with van der Waals surface area (Å²) < 4.78 is 26.2. The second-order valence-corrected chi connectivity index (χ2v) is 26.2. The molecule has 0 bridgehead atoms. The van der Waals surface area contributed by atoms with Crippen LogP contribution in [0, 0.1) is 0 Å². The number of benzene rings is 3. The number of piperidine rings is 2. The zero-order valence-corrected chi connectivity index (χ0v) is 53.2. The summed E-state index contributed by atoms with van der Waals surface area (Å²) >= 11 is 0. The molecule has 5 aliphatic rings. The van der Waals surface area contributed by atoms with Gasteiger partial charge in [0.05, 0.1) is 67.4 Å². The molecule has 2 aromatic carbocycles. The number of anilines is 1. The summed E-state index contributed by atoms with van der Waals surface area (Å²) in [6.45, 7) is 32.2. The maximum atomic E-state index is 14.6. The van der Waals surface area contributed by atoms with Gasteiger partial charge in [-0.1, -0.05) is 33.8 Å². The maximum Gasteiger partial charge on any atom is 0.409 e. The second kappa shape index (κ2) is 25.9. The average molecular weight is 1200 g/mol. The third-order valence-corrected chi connectivity index (χ3v) is 18.0. The quantitative estimate of drug-likeness (QED) is 0.0391. The van der Waals surface area contributed by atoms with Crippen molar-refractivity contribution in [1.29, 1.82) is 0 Å². The molecule has 2 amide bonds. The van der Waals surface area contributed by atoms with Crippen LogP contribution in [0.25, 0.3) is 33.4 Å². The Kier molecular flexibility index (Phi) is 18.7. The zero-order valence-electron chi connectivity index (χ0n) is 53.2. The van der Waals surface area contributed by atoms with Crippen molar-refractivity contribution in [1.82, 2.24) is 74.4 Å². The van der Waals surface area contributed by atoms with E-state index in [4.69, 9.17) is 13.9 Å². The molecule has 5 aromatic rings. The highest BCUT2D eigenvalue weighted by atomic mass is 16.6. The summed E-state index contributed by atoms with van der Waals surface area (Å²) in [7, 11) is 0. The number of aromatic nitrogens is 9. The van der Waals surface area contributed by atoms with Gasteiger partial charge in [0.15, 0.2) is 0 Å². The molecule has 468 valence electrons. The van der Waals surface area contributed by atoms with Crippen LogP contribution in [0.3, 0.4) is 0 Å². The van der Waals surface area contributed by atoms with E-state index in [-0.39, 0.29) is 31.2 Å². The van der Waals surface area contributed by atoms with Crippen LogP contribution < -0.4 is 14.8 Å². The molecule has 0 radical (unpaired) electrons. The predicted octanol–water partition coefficient (Wildman–Crippen LogP) is 8.62. The minimum atomic E-state index is -0.444. The van der Waals surface area contributed by atoms with E-state index in [0.29, 0.717) is 90.2 Å². The number of fused-ring (bicyclic) bond motifs is 2. The van der Waals surface area contributed by atoms with E-state index < -0.39 is 28.2 Å². The van der Waals surface area contributed by atoms with Crippen LogP contribution in [0.1, 0.15) is 148 Å². The van der Waals surface area contributed by atoms with Crippen LogP contribution >= 0.6 is 0 Å². The first-order chi connectivity index (χ1) is 41.5. The van der Waals surface area contributed by atoms with Gasteiger partial charge in [-0.2, -0.15) is 10.1 Å². The Morgan fingerprint density at radius 3 is 1.77 bits per heavy atom. The lowest BCUT2D eigenvalue weighted by Gasteiger charge is -2.51.